The van der Waals surface area contributed by atoms with Crippen LogP contribution in [0, 0.1) is 6.92 Å². The standard InChI is InChI=1S/C13H23N3O/c1-6-17-13(4,5)12-15-10(3)8-11(16-12)7-9(2)14/h8-9H,6-7,14H2,1-5H3. The Balaban J connectivity index is 3.04. The van der Waals surface area contributed by atoms with Gasteiger partial charge in [-0.25, -0.2) is 9.97 Å². The van der Waals surface area contributed by atoms with Gasteiger partial charge in [-0.15, -0.1) is 0 Å². The van der Waals surface area contributed by atoms with Gasteiger partial charge < -0.3 is 10.5 Å². The van der Waals surface area contributed by atoms with E-state index in [4.69, 9.17) is 10.5 Å². The minimum Gasteiger partial charge on any atom is -0.368 e. The Hall–Kier alpha value is -1.00. The summed E-state index contributed by atoms with van der Waals surface area (Å²) in [7, 11) is 0. The van der Waals surface area contributed by atoms with E-state index >= 15 is 0 Å². The van der Waals surface area contributed by atoms with E-state index in [0.717, 1.165) is 23.6 Å². The fourth-order valence-electron chi connectivity index (χ4n) is 1.76. The molecular weight excluding hydrogens is 214 g/mol. The molecule has 1 heterocycles. The van der Waals surface area contributed by atoms with Gasteiger partial charge in [0.25, 0.3) is 0 Å². The minimum absolute atomic E-state index is 0.104. The van der Waals surface area contributed by atoms with Gasteiger partial charge in [-0.3, -0.25) is 0 Å². The van der Waals surface area contributed by atoms with Crippen LogP contribution in [0.2, 0.25) is 0 Å². The van der Waals surface area contributed by atoms with Crippen molar-refractivity contribution in [1.29, 1.82) is 0 Å². The molecule has 0 saturated heterocycles. The molecule has 0 aromatic carbocycles. The zero-order valence-electron chi connectivity index (χ0n) is 11.4. The van der Waals surface area contributed by atoms with E-state index < -0.39 is 5.60 Å². The first-order valence-electron chi connectivity index (χ1n) is 6.09. The van der Waals surface area contributed by atoms with E-state index in [1.54, 1.807) is 0 Å². The molecule has 96 valence electrons. The van der Waals surface area contributed by atoms with Crippen LogP contribution in [0.15, 0.2) is 6.07 Å². The first-order valence-corrected chi connectivity index (χ1v) is 6.09. The van der Waals surface area contributed by atoms with Crippen molar-refractivity contribution in [2.24, 2.45) is 5.73 Å². The van der Waals surface area contributed by atoms with Crippen LogP contribution in [0.1, 0.15) is 44.9 Å². The smallest absolute Gasteiger partial charge is 0.160 e. The Labute approximate surface area is 104 Å². The maximum absolute atomic E-state index is 5.80. The van der Waals surface area contributed by atoms with Crippen LogP contribution < -0.4 is 5.73 Å². The van der Waals surface area contributed by atoms with Crippen molar-refractivity contribution < 1.29 is 4.74 Å². The highest BCUT2D eigenvalue weighted by atomic mass is 16.5. The molecule has 1 rings (SSSR count). The molecule has 4 nitrogen and oxygen atoms in total. The lowest BCUT2D eigenvalue weighted by Gasteiger charge is -2.23. The van der Waals surface area contributed by atoms with E-state index in [-0.39, 0.29) is 6.04 Å². The first kappa shape index (κ1) is 14.1. The van der Waals surface area contributed by atoms with Crippen LogP contribution >= 0.6 is 0 Å². The van der Waals surface area contributed by atoms with Gasteiger partial charge in [0.1, 0.15) is 5.60 Å². The molecule has 0 saturated carbocycles. The number of aryl methyl sites for hydroxylation is 1. The van der Waals surface area contributed by atoms with Crippen LogP contribution in [0.25, 0.3) is 0 Å². The molecule has 1 aromatic rings. The monoisotopic (exact) mass is 237 g/mol. The predicted molar refractivity (Wildman–Crippen MR) is 68.8 cm³/mol. The largest absolute Gasteiger partial charge is 0.368 e. The molecule has 1 unspecified atom stereocenters. The average Bonchev–Trinajstić information content (AvgIpc) is 2.15. The van der Waals surface area contributed by atoms with Gasteiger partial charge >= 0.3 is 0 Å². The number of nitrogens with two attached hydrogens (primary N) is 1. The molecule has 0 radical (unpaired) electrons. The lowest BCUT2D eigenvalue weighted by Crippen LogP contribution is -2.27. The Morgan fingerprint density at radius 2 is 2.06 bits per heavy atom. The number of hydrogen-bond acceptors (Lipinski definition) is 4. The summed E-state index contributed by atoms with van der Waals surface area (Å²) >= 11 is 0. The van der Waals surface area contributed by atoms with Crippen LogP contribution in [0.3, 0.4) is 0 Å². The average molecular weight is 237 g/mol. The lowest BCUT2D eigenvalue weighted by atomic mass is 10.1. The zero-order chi connectivity index (χ0) is 13.1. The Kier molecular flexibility index (Phi) is 4.60. The summed E-state index contributed by atoms with van der Waals surface area (Å²) in [5, 5.41) is 0. The van der Waals surface area contributed by atoms with E-state index in [0.29, 0.717) is 6.61 Å². The Morgan fingerprint density at radius 3 is 2.59 bits per heavy atom. The lowest BCUT2D eigenvalue weighted by molar-refractivity contribution is -0.0210. The van der Waals surface area contributed by atoms with Gasteiger partial charge in [-0.05, 0) is 40.7 Å². The van der Waals surface area contributed by atoms with Crippen LogP contribution in [-0.4, -0.2) is 22.6 Å². The molecule has 0 fully saturated rings. The van der Waals surface area contributed by atoms with Gasteiger partial charge in [0.15, 0.2) is 5.82 Å². The first-order chi connectivity index (χ1) is 7.85. The molecule has 0 spiro atoms. The molecule has 0 bridgehead atoms. The number of ether oxygens (including phenoxy) is 1. The van der Waals surface area contributed by atoms with Gasteiger partial charge in [0.05, 0.1) is 0 Å². The summed E-state index contributed by atoms with van der Waals surface area (Å²) < 4.78 is 5.67. The van der Waals surface area contributed by atoms with E-state index in [1.165, 1.54) is 0 Å². The second-order valence-corrected chi connectivity index (χ2v) is 4.95. The molecule has 0 amide bonds. The van der Waals surface area contributed by atoms with Crippen molar-refractivity contribution in [3.05, 3.63) is 23.3 Å². The van der Waals surface area contributed by atoms with Crippen LogP contribution in [0.5, 0.6) is 0 Å². The van der Waals surface area contributed by atoms with Crippen molar-refractivity contribution in [3.8, 4) is 0 Å². The summed E-state index contributed by atoms with van der Waals surface area (Å²) in [6.45, 7) is 10.5. The second-order valence-electron chi connectivity index (χ2n) is 4.95. The number of rotatable bonds is 5. The molecule has 2 N–H and O–H groups in total. The summed E-state index contributed by atoms with van der Waals surface area (Å²) in [5.41, 5.74) is 7.29. The number of nitrogens with zero attached hydrogens (tertiary/aromatic N) is 2. The van der Waals surface area contributed by atoms with Crippen molar-refractivity contribution in [1.82, 2.24) is 9.97 Å². The third kappa shape index (κ3) is 4.06. The molecule has 1 atom stereocenters. The fourth-order valence-corrected chi connectivity index (χ4v) is 1.76. The van der Waals surface area contributed by atoms with Gasteiger partial charge in [0.2, 0.25) is 0 Å². The highest BCUT2D eigenvalue weighted by Gasteiger charge is 2.24. The summed E-state index contributed by atoms with van der Waals surface area (Å²) in [5.74, 6) is 0.731. The minimum atomic E-state index is -0.451. The number of aromatic nitrogens is 2. The molecule has 1 aromatic heterocycles. The third-order valence-electron chi connectivity index (χ3n) is 2.48. The van der Waals surface area contributed by atoms with E-state index in [1.807, 2.05) is 40.7 Å². The molecule has 0 aliphatic carbocycles. The van der Waals surface area contributed by atoms with Gasteiger partial charge in [0, 0.05) is 30.5 Å². The maximum Gasteiger partial charge on any atom is 0.160 e. The maximum atomic E-state index is 5.80. The predicted octanol–water partition coefficient (Wildman–Crippen LogP) is 1.95. The molecule has 0 aliphatic rings. The van der Waals surface area contributed by atoms with Crippen molar-refractivity contribution in [2.75, 3.05) is 6.61 Å². The molecule has 4 heteroatoms. The summed E-state index contributed by atoms with van der Waals surface area (Å²) in [6, 6.07) is 2.09. The fraction of sp³-hybridized carbons (Fsp3) is 0.692. The van der Waals surface area contributed by atoms with Gasteiger partial charge in [-0.1, -0.05) is 0 Å². The molecule has 0 aliphatic heterocycles. The quantitative estimate of drug-likeness (QED) is 0.850. The van der Waals surface area contributed by atoms with Crippen molar-refractivity contribution in [3.63, 3.8) is 0 Å². The summed E-state index contributed by atoms with van der Waals surface area (Å²) in [6.07, 6.45) is 0.762. The highest BCUT2D eigenvalue weighted by molar-refractivity contribution is 5.14. The molecule has 17 heavy (non-hydrogen) atoms. The number of hydrogen-bond donors (Lipinski definition) is 1. The second kappa shape index (κ2) is 5.56. The van der Waals surface area contributed by atoms with Crippen molar-refractivity contribution in [2.45, 2.75) is 52.7 Å². The van der Waals surface area contributed by atoms with Crippen LogP contribution in [-0.2, 0) is 16.8 Å². The Morgan fingerprint density at radius 1 is 1.41 bits per heavy atom. The Bertz CT molecular complexity index is 375. The van der Waals surface area contributed by atoms with E-state index in [9.17, 15) is 0 Å². The normalized spacial score (nSPS) is 13.8. The zero-order valence-corrected chi connectivity index (χ0v) is 11.4. The van der Waals surface area contributed by atoms with E-state index in [2.05, 4.69) is 9.97 Å². The highest BCUT2D eigenvalue weighted by Crippen LogP contribution is 2.21. The van der Waals surface area contributed by atoms with Crippen molar-refractivity contribution >= 4 is 0 Å². The summed E-state index contributed by atoms with van der Waals surface area (Å²) in [4.78, 5) is 9.00. The SMILES string of the molecule is CCOC(C)(C)c1nc(C)cc(CC(C)N)n1. The third-order valence-corrected chi connectivity index (χ3v) is 2.48. The molecular formula is C13H23N3O. The van der Waals surface area contributed by atoms with Gasteiger partial charge in [-0.2, -0.15) is 0 Å². The topological polar surface area (TPSA) is 61.0 Å². The van der Waals surface area contributed by atoms with Crippen LogP contribution in [0.4, 0.5) is 0 Å².